The second-order valence-corrected chi connectivity index (χ2v) is 11.4. The molecule has 0 aromatic heterocycles. The highest BCUT2D eigenvalue weighted by molar-refractivity contribution is 7.89. The predicted octanol–water partition coefficient (Wildman–Crippen LogP) is 3.66. The number of aliphatic hydroxyl groups excluding tert-OH is 1. The summed E-state index contributed by atoms with van der Waals surface area (Å²) in [5, 5.41) is 15.4. The molecule has 0 unspecified atom stereocenters. The van der Waals surface area contributed by atoms with Crippen molar-refractivity contribution in [1.29, 1.82) is 0 Å². The molecule has 200 valence electrons. The molecule has 3 N–H and O–H groups in total. The van der Waals surface area contributed by atoms with E-state index in [0.717, 1.165) is 15.9 Å². The molecule has 1 saturated heterocycles. The first-order valence-electron chi connectivity index (χ1n) is 11.9. The van der Waals surface area contributed by atoms with Crippen LogP contribution in [-0.2, 0) is 14.8 Å². The Labute approximate surface area is 220 Å². The fraction of sp³-hybridized carbons (Fsp3) is 0.259. The van der Waals surface area contributed by atoms with E-state index in [-0.39, 0.29) is 23.5 Å². The molecule has 1 heterocycles. The van der Waals surface area contributed by atoms with Gasteiger partial charge in [0.15, 0.2) is 0 Å². The molecule has 11 heteroatoms. The van der Waals surface area contributed by atoms with Crippen molar-refractivity contribution < 1.29 is 27.5 Å². The third kappa shape index (κ3) is 5.69. The minimum Gasteiger partial charge on any atom is -0.391 e. The van der Waals surface area contributed by atoms with E-state index in [2.05, 4.69) is 10.6 Å². The van der Waals surface area contributed by atoms with Gasteiger partial charge in [-0.3, -0.25) is 4.79 Å². The zero-order valence-corrected chi connectivity index (χ0v) is 22.0. The topological polar surface area (TPSA) is 119 Å². The number of hydrogen-bond acceptors (Lipinski definition) is 5. The number of nitrogens with one attached hydrogen (secondary N) is 2. The molecule has 0 radical (unpaired) electrons. The molecule has 3 amide bonds. The monoisotopic (exact) mass is 540 g/mol. The fourth-order valence-electron chi connectivity index (χ4n) is 4.25. The van der Waals surface area contributed by atoms with Gasteiger partial charge in [0.1, 0.15) is 11.9 Å². The smallest absolute Gasteiger partial charge is 0.322 e. The van der Waals surface area contributed by atoms with Crippen molar-refractivity contribution in [2.75, 3.05) is 31.3 Å². The maximum absolute atomic E-state index is 15.1. The van der Waals surface area contributed by atoms with Crippen LogP contribution >= 0.6 is 0 Å². The number of benzene rings is 3. The van der Waals surface area contributed by atoms with Crippen molar-refractivity contribution in [1.82, 2.24) is 9.21 Å². The number of sulfonamides is 1. The Bertz CT molecular complexity index is 1460. The van der Waals surface area contributed by atoms with Crippen LogP contribution in [0, 0.1) is 12.7 Å². The Balaban J connectivity index is 1.53. The molecule has 3 aromatic rings. The standard InChI is InChI=1S/C27H29FN4O5S/c1-17-8-11-19(12-9-17)29-27(35)32-16-20(33)15-24(32)26(34)30-23-13-10-18(14-22(23)28)21-6-4-5-7-25(21)38(36,37)31(2)3/h4-14,20,24,33H,15-16H2,1-3H3,(H,29,35)(H,30,34)/t20-,24-/m1/s1. The van der Waals surface area contributed by atoms with Crippen LogP contribution in [0.15, 0.2) is 71.6 Å². The van der Waals surface area contributed by atoms with E-state index in [1.165, 1.54) is 37.2 Å². The number of halogens is 1. The minimum absolute atomic E-state index is 0.00260. The predicted molar refractivity (Wildman–Crippen MR) is 143 cm³/mol. The van der Waals surface area contributed by atoms with Crippen molar-refractivity contribution in [3.8, 4) is 11.1 Å². The number of nitrogens with zero attached hydrogens (tertiary/aromatic N) is 2. The van der Waals surface area contributed by atoms with Gasteiger partial charge in [0.05, 0.1) is 16.7 Å². The van der Waals surface area contributed by atoms with E-state index in [0.29, 0.717) is 16.8 Å². The summed E-state index contributed by atoms with van der Waals surface area (Å²) in [7, 11) is -0.954. The third-order valence-electron chi connectivity index (χ3n) is 6.33. The van der Waals surface area contributed by atoms with E-state index in [1.54, 1.807) is 30.3 Å². The molecule has 1 aliphatic rings. The molecule has 3 aromatic carbocycles. The van der Waals surface area contributed by atoms with Gasteiger partial charge in [-0.1, -0.05) is 42.0 Å². The van der Waals surface area contributed by atoms with Crippen molar-refractivity contribution in [3.63, 3.8) is 0 Å². The summed E-state index contributed by atoms with van der Waals surface area (Å²) >= 11 is 0. The minimum atomic E-state index is -3.78. The molecule has 4 rings (SSSR count). The lowest BCUT2D eigenvalue weighted by Gasteiger charge is -2.24. The summed E-state index contributed by atoms with van der Waals surface area (Å²) in [5.74, 6) is -1.43. The van der Waals surface area contributed by atoms with E-state index >= 15 is 4.39 Å². The summed E-state index contributed by atoms with van der Waals surface area (Å²) in [6.45, 7) is 1.87. The maximum atomic E-state index is 15.1. The molecule has 38 heavy (non-hydrogen) atoms. The Morgan fingerprint density at radius 2 is 1.71 bits per heavy atom. The van der Waals surface area contributed by atoms with Gasteiger partial charge in [0.2, 0.25) is 15.9 Å². The maximum Gasteiger partial charge on any atom is 0.322 e. The lowest BCUT2D eigenvalue weighted by molar-refractivity contribution is -0.119. The Kier molecular flexibility index (Phi) is 7.81. The first-order chi connectivity index (χ1) is 18.0. The number of aliphatic hydroxyl groups is 1. The molecule has 0 aliphatic carbocycles. The van der Waals surface area contributed by atoms with Crippen molar-refractivity contribution in [3.05, 3.63) is 78.1 Å². The molecular weight excluding hydrogens is 511 g/mol. The second kappa shape index (κ2) is 10.9. The first-order valence-corrected chi connectivity index (χ1v) is 13.4. The number of anilines is 2. The summed E-state index contributed by atoms with van der Waals surface area (Å²) in [4.78, 5) is 27.1. The van der Waals surface area contributed by atoms with E-state index in [4.69, 9.17) is 0 Å². The highest BCUT2D eigenvalue weighted by Gasteiger charge is 2.39. The van der Waals surface area contributed by atoms with Gasteiger partial charge in [0.25, 0.3) is 0 Å². The highest BCUT2D eigenvalue weighted by Crippen LogP contribution is 2.31. The van der Waals surface area contributed by atoms with Gasteiger partial charge in [-0.15, -0.1) is 0 Å². The van der Waals surface area contributed by atoms with Crippen molar-refractivity contribution in [2.45, 2.75) is 30.4 Å². The molecular formula is C27H29FN4O5S. The van der Waals surface area contributed by atoms with Gasteiger partial charge in [-0.25, -0.2) is 21.9 Å². The number of hydrogen-bond donors (Lipinski definition) is 3. The average molecular weight is 541 g/mol. The van der Waals surface area contributed by atoms with Gasteiger partial charge in [-0.05, 0) is 42.8 Å². The number of aryl methyl sites for hydroxylation is 1. The Morgan fingerprint density at radius 1 is 1.03 bits per heavy atom. The third-order valence-corrected chi connectivity index (χ3v) is 8.20. The van der Waals surface area contributed by atoms with Crippen LogP contribution in [0.4, 0.5) is 20.6 Å². The number of rotatable bonds is 6. The van der Waals surface area contributed by atoms with E-state index in [9.17, 15) is 23.1 Å². The summed E-state index contributed by atoms with van der Waals surface area (Å²) in [6.07, 6.45) is -0.903. The van der Waals surface area contributed by atoms with Crippen molar-refractivity contribution >= 4 is 33.3 Å². The lowest BCUT2D eigenvalue weighted by Crippen LogP contribution is -2.45. The van der Waals surface area contributed by atoms with E-state index in [1.807, 2.05) is 19.1 Å². The quantitative estimate of drug-likeness (QED) is 0.441. The second-order valence-electron chi connectivity index (χ2n) is 9.32. The number of amides is 3. The SMILES string of the molecule is Cc1ccc(NC(=O)N2C[C@H](O)C[C@@H]2C(=O)Nc2ccc(-c3ccccc3S(=O)(=O)N(C)C)cc2F)cc1. The largest absolute Gasteiger partial charge is 0.391 e. The number of carbonyl (C=O) groups is 2. The van der Waals surface area contributed by atoms with Crippen LogP contribution in [0.25, 0.3) is 11.1 Å². The zero-order chi connectivity index (χ0) is 27.6. The summed E-state index contributed by atoms with van der Waals surface area (Å²) in [5.41, 5.74) is 2.06. The average Bonchev–Trinajstić information content (AvgIpc) is 3.28. The van der Waals surface area contributed by atoms with E-state index < -0.39 is 39.9 Å². The molecule has 0 spiro atoms. The van der Waals surface area contributed by atoms with Crippen LogP contribution in [0.1, 0.15) is 12.0 Å². The van der Waals surface area contributed by atoms with Crippen LogP contribution in [0.2, 0.25) is 0 Å². The van der Waals surface area contributed by atoms with Gasteiger partial charge in [-0.2, -0.15) is 0 Å². The molecule has 9 nitrogen and oxygen atoms in total. The van der Waals surface area contributed by atoms with Crippen LogP contribution in [-0.4, -0.2) is 67.5 Å². The van der Waals surface area contributed by atoms with Crippen LogP contribution in [0.3, 0.4) is 0 Å². The number of carbonyl (C=O) groups excluding carboxylic acids is 2. The molecule has 0 saturated carbocycles. The first kappa shape index (κ1) is 27.2. The highest BCUT2D eigenvalue weighted by atomic mass is 32.2. The van der Waals surface area contributed by atoms with Gasteiger partial charge in [0, 0.05) is 38.3 Å². The van der Waals surface area contributed by atoms with Gasteiger partial charge < -0.3 is 20.6 Å². The molecule has 0 bridgehead atoms. The zero-order valence-electron chi connectivity index (χ0n) is 21.2. The lowest BCUT2D eigenvalue weighted by atomic mass is 10.0. The molecule has 2 atom stereocenters. The van der Waals surface area contributed by atoms with Crippen LogP contribution < -0.4 is 10.6 Å². The number of urea groups is 1. The fourth-order valence-corrected chi connectivity index (χ4v) is 5.35. The Morgan fingerprint density at radius 3 is 2.37 bits per heavy atom. The van der Waals surface area contributed by atoms with Gasteiger partial charge >= 0.3 is 6.03 Å². The number of β-amino-alcohol motifs (C(OH)–C–C–N with tert-alkyl or cyclic N) is 1. The molecule has 1 fully saturated rings. The summed E-state index contributed by atoms with van der Waals surface area (Å²) in [6, 6.07) is 15.8. The van der Waals surface area contributed by atoms with Crippen LogP contribution in [0.5, 0.6) is 0 Å². The van der Waals surface area contributed by atoms with Crippen molar-refractivity contribution in [2.24, 2.45) is 0 Å². The number of likely N-dealkylation sites (tertiary alicyclic amines) is 1. The summed E-state index contributed by atoms with van der Waals surface area (Å²) < 4.78 is 41.6. The Hall–Kier alpha value is -3.80. The molecule has 1 aliphatic heterocycles. The normalized spacial score (nSPS) is 17.5.